The highest BCUT2D eigenvalue weighted by atomic mass is 16.2. The summed E-state index contributed by atoms with van der Waals surface area (Å²) in [5, 5.41) is 3.12. The van der Waals surface area contributed by atoms with Crippen molar-refractivity contribution in [2.24, 2.45) is 5.92 Å². The zero-order chi connectivity index (χ0) is 18.4. The van der Waals surface area contributed by atoms with Crippen molar-refractivity contribution in [3.05, 3.63) is 59.7 Å². The van der Waals surface area contributed by atoms with Crippen molar-refractivity contribution in [2.75, 3.05) is 13.1 Å². The number of piperidine rings is 1. The fourth-order valence-corrected chi connectivity index (χ4v) is 3.57. The molecule has 3 rings (SSSR count). The molecule has 2 aromatic heterocycles. The maximum absolute atomic E-state index is 12.5. The van der Waals surface area contributed by atoms with Gasteiger partial charge in [-0.2, -0.15) is 0 Å². The first-order chi connectivity index (χ1) is 12.6. The van der Waals surface area contributed by atoms with Crippen LogP contribution in [0.15, 0.2) is 42.7 Å². The van der Waals surface area contributed by atoms with Gasteiger partial charge in [0.05, 0.1) is 0 Å². The van der Waals surface area contributed by atoms with Crippen LogP contribution < -0.4 is 5.32 Å². The van der Waals surface area contributed by atoms with Gasteiger partial charge in [-0.05, 0) is 62.8 Å². The molecule has 0 saturated carbocycles. The topological polar surface area (TPSA) is 58.1 Å². The van der Waals surface area contributed by atoms with E-state index in [9.17, 15) is 4.79 Å². The number of carbonyl (C=O) groups is 1. The molecule has 138 valence electrons. The molecule has 0 radical (unpaired) electrons. The van der Waals surface area contributed by atoms with Crippen LogP contribution in [0.4, 0.5) is 4.79 Å². The summed E-state index contributed by atoms with van der Waals surface area (Å²) < 4.78 is 0. The van der Waals surface area contributed by atoms with Crippen molar-refractivity contribution in [3.63, 3.8) is 0 Å². The van der Waals surface area contributed by atoms with Gasteiger partial charge in [0.2, 0.25) is 0 Å². The molecule has 1 N–H and O–H groups in total. The Balaban J connectivity index is 1.43. The summed E-state index contributed by atoms with van der Waals surface area (Å²) in [4.78, 5) is 23.2. The Hall–Kier alpha value is -2.43. The van der Waals surface area contributed by atoms with E-state index in [1.807, 2.05) is 55.4 Å². The van der Waals surface area contributed by atoms with Gasteiger partial charge in [0, 0.05) is 49.3 Å². The number of urea groups is 1. The summed E-state index contributed by atoms with van der Waals surface area (Å²) in [7, 11) is 0. The van der Waals surface area contributed by atoms with E-state index in [-0.39, 0.29) is 12.1 Å². The summed E-state index contributed by atoms with van der Waals surface area (Å²) in [5.74, 6) is 0.636. The van der Waals surface area contributed by atoms with E-state index in [4.69, 9.17) is 0 Å². The van der Waals surface area contributed by atoms with Crippen molar-refractivity contribution in [2.45, 2.75) is 45.6 Å². The second kappa shape index (κ2) is 8.79. The molecule has 1 fully saturated rings. The summed E-state index contributed by atoms with van der Waals surface area (Å²) in [5.41, 5.74) is 3.32. The number of carbonyl (C=O) groups excluding carboxylic acids is 1. The van der Waals surface area contributed by atoms with Crippen LogP contribution >= 0.6 is 0 Å². The van der Waals surface area contributed by atoms with E-state index in [1.165, 1.54) is 5.56 Å². The van der Waals surface area contributed by atoms with Gasteiger partial charge in [0.1, 0.15) is 0 Å². The number of nitrogens with zero attached hydrogens (tertiary/aromatic N) is 3. The number of rotatable bonds is 5. The van der Waals surface area contributed by atoms with Crippen LogP contribution in [0.5, 0.6) is 0 Å². The lowest BCUT2D eigenvalue weighted by molar-refractivity contribution is 0.167. The fraction of sp³-hybridized carbons (Fsp3) is 0.476. The number of likely N-dealkylation sites (tertiary alicyclic amines) is 1. The highest BCUT2D eigenvalue weighted by Gasteiger charge is 2.23. The Bertz CT molecular complexity index is 711. The lowest BCUT2D eigenvalue weighted by Gasteiger charge is -2.33. The van der Waals surface area contributed by atoms with E-state index in [2.05, 4.69) is 21.4 Å². The summed E-state index contributed by atoms with van der Waals surface area (Å²) in [6.07, 6.45) is 7.67. The Morgan fingerprint density at radius 2 is 2.08 bits per heavy atom. The lowest BCUT2D eigenvalue weighted by Crippen LogP contribution is -2.47. The predicted molar refractivity (Wildman–Crippen MR) is 103 cm³/mol. The van der Waals surface area contributed by atoms with Crippen molar-refractivity contribution in [3.8, 4) is 0 Å². The molecule has 2 amide bonds. The number of amides is 2. The Morgan fingerprint density at radius 3 is 2.77 bits per heavy atom. The zero-order valence-electron chi connectivity index (χ0n) is 15.7. The zero-order valence-corrected chi connectivity index (χ0v) is 15.7. The minimum atomic E-state index is 0.0463. The Morgan fingerprint density at radius 1 is 1.27 bits per heavy atom. The summed E-state index contributed by atoms with van der Waals surface area (Å²) in [6.45, 7) is 5.68. The molecule has 3 heterocycles. The van der Waals surface area contributed by atoms with Crippen LogP contribution in [0.1, 0.15) is 36.7 Å². The number of nitrogens with one attached hydrogen (secondary N) is 1. The number of pyridine rings is 2. The van der Waals surface area contributed by atoms with Crippen LogP contribution in [-0.2, 0) is 12.8 Å². The monoisotopic (exact) mass is 352 g/mol. The Kier molecular flexibility index (Phi) is 6.21. The standard InChI is InChI=1S/C21H28N4O/c1-16-5-3-7-20(23-16)13-17(2)24-21(26)25-11-8-18(9-12-25)14-19-6-4-10-22-15-19/h3-7,10,15,17-18H,8-9,11-14H2,1-2H3,(H,24,26)/t17-/m1/s1. The number of hydrogen-bond donors (Lipinski definition) is 1. The fourth-order valence-electron chi connectivity index (χ4n) is 3.57. The molecule has 2 aromatic rings. The van der Waals surface area contributed by atoms with Crippen LogP contribution in [0.3, 0.4) is 0 Å². The van der Waals surface area contributed by atoms with Gasteiger partial charge in [-0.15, -0.1) is 0 Å². The predicted octanol–water partition coefficient (Wildman–Crippen LogP) is 3.38. The molecule has 0 aromatic carbocycles. The second-order valence-corrected chi connectivity index (χ2v) is 7.32. The normalized spacial score (nSPS) is 16.3. The SMILES string of the molecule is Cc1cccc(C[C@@H](C)NC(=O)N2CCC(Cc3cccnc3)CC2)n1. The maximum atomic E-state index is 12.5. The van der Waals surface area contributed by atoms with E-state index in [1.54, 1.807) is 0 Å². The van der Waals surface area contributed by atoms with Crippen molar-refractivity contribution in [1.29, 1.82) is 0 Å². The smallest absolute Gasteiger partial charge is 0.317 e. The van der Waals surface area contributed by atoms with Crippen LogP contribution in [0.2, 0.25) is 0 Å². The van der Waals surface area contributed by atoms with E-state index in [0.29, 0.717) is 5.92 Å². The molecule has 26 heavy (non-hydrogen) atoms. The summed E-state index contributed by atoms with van der Waals surface area (Å²) >= 11 is 0. The summed E-state index contributed by atoms with van der Waals surface area (Å²) in [6, 6.07) is 10.3. The van der Waals surface area contributed by atoms with Gasteiger partial charge in [-0.25, -0.2) is 4.79 Å². The van der Waals surface area contributed by atoms with Gasteiger partial charge in [-0.3, -0.25) is 9.97 Å². The third-order valence-corrected chi connectivity index (χ3v) is 4.98. The molecule has 5 nitrogen and oxygen atoms in total. The van der Waals surface area contributed by atoms with Gasteiger partial charge in [-0.1, -0.05) is 12.1 Å². The first-order valence-electron chi connectivity index (χ1n) is 9.47. The molecule has 1 aliphatic rings. The molecular weight excluding hydrogens is 324 g/mol. The Labute approximate surface area is 155 Å². The quantitative estimate of drug-likeness (QED) is 0.897. The van der Waals surface area contributed by atoms with Crippen LogP contribution in [-0.4, -0.2) is 40.0 Å². The van der Waals surface area contributed by atoms with E-state index in [0.717, 1.165) is 50.2 Å². The third-order valence-electron chi connectivity index (χ3n) is 4.98. The average Bonchev–Trinajstić information content (AvgIpc) is 2.63. The number of hydrogen-bond acceptors (Lipinski definition) is 3. The maximum Gasteiger partial charge on any atom is 0.317 e. The lowest BCUT2D eigenvalue weighted by atomic mass is 9.91. The van der Waals surface area contributed by atoms with Gasteiger partial charge in [0.25, 0.3) is 0 Å². The highest BCUT2D eigenvalue weighted by Crippen LogP contribution is 2.21. The van der Waals surface area contributed by atoms with Gasteiger partial charge in [0.15, 0.2) is 0 Å². The molecular formula is C21H28N4O. The first-order valence-corrected chi connectivity index (χ1v) is 9.47. The number of aryl methyl sites for hydroxylation is 1. The molecule has 1 atom stereocenters. The van der Waals surface area contributed by atoms with Crippen molar-refractivity contribution >= 4 is 6.03 Å². The molecule has 0 bridgehead atoms. The number of aromatic nitrogens is 2. The minimum Gasteiger partial charge on any atom is -0.335 e. The minimum absolute atomic E-state index is 0.0463. The molecule has 0 spiro atoms. The molecule has 0 unspecified atom stereocenters. The molecule has 5 heteroatoms. The molecule has 0 aliphatic carbocycles. The van der Waals surface area contributed by atoms with E-state index < -0.39 is 0 Å². The van der Waals surface area contributed by atoms with E-state index >= 15 is 0 Å². The van der Waals surface area contributed by atoms with Crippen LogP contribution in [0, 0.1) is 12.8 Å². The average molecular weight is 352 g/mol. The van der Waals surface area contributed by atoms with Gasteiger partial charge < -0.3 is 10.2 Å². The first kappa shape index (κ1) is 18.4. The van der Waals surface area contributed by atoms with Crippen molar-refractivity contribution < 1.29 is 4.79 Å². The molecule has 1 saturated heterocycles. The van der Waals surface area contributed by atoms with Crippen LogP contribution in [0.25, 0.3) is 0 Å². The molecule has 1 aliphatic heterocycles. The third kappa shape index (κ3) is 5.28. The second-order valence-electron chi connectivity index (χ2n) is 7.32. The van der Waals surface area contributed by atoms with Crippen molar-refractivity contribution in [1.82, 2.24) is 20.2 Å². The largest absolute Gasteiger partial charge is 0.335 e. The highest BCUT2D eigenvalue weighted by molar-refractivity contribution is 5.74. The van der Waals surface area contributed by atoms with Gasteiger partial charge >= 0.3 is 6.03 Å².